The normalized spacial score (nSPS) is 10.1. The Hall–Kier alpha value is -2.81. The first-order valence-corrected chi connectivity index (χ1v) is 6.69. The Kier molecular flexibility index (Phi) is 3.83. The predicted octanol–water partition coefficient (Wildman–Crippen LogP) is 4.55. The van der Waals surface area contributed by atoms with E-state index in [0.29, 0.717) is 5.88 Å². The van der Waals surface area contributed by atoms with Crippen LogP contribution in [0, 0.1) is 0 Å². The van der Waals surface area contributed by atoms with Gasteiger partial charge in [-0.25, -0.2) is 4.98 Å². The Morgan fingerprint density at radius 2 is 1.48 bits per heavy atom. The highest BCUT2D eigenvalue weighted by molar-refractivity contribution is 5.60. The first-order valence-electron chi connectivity index (χ1n) is 6.69. The van der Waals surface area contributed by atoms with Crippen molar-refractivity contribution in [2.75, 3.05) is 7.11 Å². The number of hydrogen-bond acceptors (Lipinski definition) is 3. The summed E-state index contributed by atoms with van der Waals surface area (Å²) in [5.74, 6) is 2.18. The topological polar surface area (TPSA) is 31.4 Å². The predicted molar refractivity (Wildman–Crippen MR) is 82.7 cm³/mol. The molecular formula is C18H15NO2. The summed E-state index contributed by atoms with van der Waals surface area (Å²) in [5, 5.41) is 0. The number of para-hydroxylation sites is 1. The van der Waals surface area contributed by atoms with Crippen molar-refractivity contribution in [2.24, 2.45) is 0 Å². The van der Waals surface area contributed by atoms with E-state index in [9.17, 15) is 0 Å². The number of ether oxygens (including phenoxy) is 2. The molecular weight excluding hydrogens is 262 g/mol. The third kappa shape index (κ3) is 3.20. The van der Waals surface area contributed by atoms with Gasteiger partial charge in [-0.3, -0.25) is 0 Å². The molecule has 104 valence electrons. The lowest BCUT2D eigenvalue weighted by molar-refractivity contribution is 0.415. The minimum atomic E-state index is 0.578. The van der Waals surface area contributed by atoms with Gasteiger partial charge in [0.1, 0.15) is 11.5 Å². The van der Waals surface area contributed by atoms with Gasteiger partial charge in [-0.05, 0) is 42.5 Å². The summed E-state index contributed by atoms with van der Waals surface area (Å²) in [6.45, 7) is 0. The third-order valence-electron chi connectivity index (χ3n) is 3.07. The van der Waals surface area contributed by atoms with Crippen LogP contribution in [0.15, 0.2) is 72.8 Å². The van der Waals surface area contributed by atoms with Crippen molar-refractivity contribution >= 4 is 0 Å². The van der Waals surface area contributed by atoms with Crippen molar-refractivity contribution in [1.82, 2.24) is 4.98 Å². The maximum Gasteiger partial charge on any atom is 0.219 e. The van der Waals surface area contributed by atoms with Crippen molar-refractivity contribution in [3.63, 3.8) is 0 Å². The highest BCUT2D eigenvalue weighted by Crippen LogP contribution is 2.24. The SMILES string of the molecule is COc1ccc(-c2cccc(Oc3ccccc3)n2)cc1. The molecule has 21 heavy (non-hydrogen) atoms. The Bertz CT molecular complexity index is 709. The quantitative estimate of drug-likeness (QED) is 0.701. The molecule has 0 bridgehead atoms. The van der Waals surface area contributed by atoms with Gasteiger partial charge in [-0.15, -0.1) is 0 Å². The lowest BCUT2D eigenvalue weighted by Gasteiger charge is -2.07. The van der Waals surface area contributed by atoms with Gasteiger partial charge in [0.2, 0.25) is 5.88 Å². The van der Waals surface area contributed by atoms with E-state index in [4.69, 9.17) is 9.47 Å². The zero-order chi connectivity index (χ0) is 14.5. The molecule has 0 amide bonds. The van der Waals surface area contributed by atoms with Crippen LogP contribution in [0.4, 0.5) is 0 Å². The first kappa shape index (κ1) is 13.2. The maximum atomic E-state index is 5.75. The van der Waals surface area contributed by atoms with Crippen LogP contribution in [0.25, 0.3) is 11.3 Å². The van der Waals surface area contributed by atoms with E-state index < -0.39 is 0 Å². The Morgan fingerprint density at radius 1 is 0.714 bits per heavy atom. The molecule has 0 atom stereocenters. The average Bonchev–Trinajstić information content (AvgIpc) is 2.56. The van der Waals surface area contributed by atoms with Crippen LogP contribution in [0.1, 0.15) is 0 Å². The van der Waals surface area contributed by atoms with Crippen molar-refractivity contribution in [1.29, 1.82) is 0 Å². The molecule has 0 N–H and O–H groups in total. The van der Waals surface area contributed by atoms with Gasteiger partial charge in [0.05, 0.1) is 12.8 Å². The van der Waals surface area contributed by atoms with Crippen LogP contribution in [-0.2, 0) is 0 Å². The van der Waals surface area contributed by atoms with Crippen molar-refractivity contribution in [3.8, 4) is 28.6 Å². The number of nitrogens with zero attached hydrogens (tertiary/aromatic N) is 1. The van der Waals surface area contributed by atoms with Gasteiger partial charge in [0, 0.05) is 11.6 Å². The molecule has 0 unspecified atom stereocenters. The van der Waals surface area contributed by atoms with Crippen LogP contribution in [0.2, 0.25) is 0 Å². The van der Waals surface area contributed by atoms with Crippen LogP contribution in [-0.4, -0.2) is 12.1 Å². The molecule has 3 aromatic rings. The highest BCUT2D eigenvalue weighted by Gasteiger charge is 2.03. The van der Waals surface area contributed by atoms with E-state index >= 15 is 0 Å². The summed E-state index contributed by atoms with van der Waals surface area (Å²) >= 11 is 0. The molecule has 0 fully saturated rings. The van der Waals surface area contributed by atoms with Crippen molar-refractivity contribution in [2.45, 2.75) is 0 Å². The van der Waals surface area contributed by atoms with Crippen molar-refractivity contribution in [3.05, 3.63) is 72.8 Å². The minimum Gasteiger partial charge on any atom is -0.497 e. The number of rotatable bonds is 4. The van der Waals surface area contributed by atoms with Gasteiger partial charge in [-0.2, -0.15) is 0 Å². The zero-order valence-corrected chi connectivity index (χ0v) is 11.7. The van der Waals surface area contributed by atoms with Gasteiger partial charge < -0.3 is 9.47 Å². The van der Waals surface area contributed by atoms with Gasteiger partial charge in [-0.1, -0.05) is 24.3 Å². The molecule has 0 aliphatic heterocycles. The van der Waals surface area contributed by atoms with Gasteiger partial charge in [0.15, 0.2) is 0 Å². The Morgan fingerprint density at radius 3 is 2.19 bits per heavy atom. The van der Waals surface area contributed by atoms with Crippen LogP contribution < -0.4 is 9.47 Å². The lowest BCUT2D eigenvalue weighted by atomic mass is 10.1. The average molecular weight is 277 g/mol. The van der Waals surface area contributed by atoms with Crippen LogP contribution in [0.3, 0.4) is 0 Å². The van der Waals surface area contributed by atoms with Crippen molar-refractivity contribution < 1.29 is 9.47 Å². The molecule has 2 aromatic carbocycles. The number of pyridine rings is 1. The smallest absolute Gasteiger partial charge is 0.219 e. The number of aromatic nitrogens is 1. The fourth-order valence-electron chi connectivity index (χ4n) is 2.00. The summed E-state index contributed by atoms with van der Waals surface area (Å²) in [4.78, 5) is 4.53. The second kappa shape index (κ2) is 6.09. The van der Waals surface area contributed by atoms with E-state index in [0.717, 1.165) is 22.8 Å². The maximum absolute atomic E-state index is 5.75. The molecule has 3 rings (SSSR count). The molecule has 3 nitrogen and oxygen atoms in total. The van der Waals surface area contributed by atoms with Crippen LogP contribution >= 0.6 is 0 Å². The van der Waals surface area contributed by atoms with E-state index in [1.54, 1.807) is 7.11 Å². The molecule has 0 spiro atoms. The minimum absolute atomic E-state index is 0.578. The summed E-state index contributed by atoms with van der Waals surface area (Å²) < 4.78 is 10.9. The molecule has 0 aliphatic carbocycles. The molecule has 0 aliphatic rings. The summed E-state index contributed by atoms with van der Waals surface area (Å²) in [6.07, 6.45) is 0. The molecule has 3 heteroatoms. The number of methoxy groups -OCH3 is 1. The first-order chi connectivity index (χ1) is 10.3. The van der Waals surface area contributed by atoms with E-state index in [2.05, 4.69) is 4.98 Å². The summed E-state index contributed by atoms with van der Waals surface area (Å²) in [6, 6.07) is 23.2. The molecule has 1 aromatic heterocycles. The van der Waals surface area contributed by atoms with E-state index in [-0.39, 0.29) is 0 Å². The lowest BCUT2D eigenvalue weighted by Crippen LogP contribution is -1.90. The van der Waals surface area contributed by atoms with E-state index in [1.165, 1.54) is 0 Å². The molecule has 0 saturated carbocycles. The Balaban J connectivity index is 1.85. The van der Waals surface area contributed by atoms with E-state index in [1.807, 2.05) is 72.8 Å². The molecule has 1 heterocycles. The fourth-order valence-corrected chi connectivity index (χ4v) is 2.00. The standard InChI is InChI=1S/C18H15NO2/c1-20-15-12-10-14(11-13-15)17-8-5-9-18(19-17)21-16-6-3-2-4-7-16/h2-13H,1H3. The molecule has 0 radical (unpaired) electrons. The third-order valence-corrected chi connectivity index (χ3v) is 3.07. The Labute approximate surface area is 123 Å². The largest absolute Gasteiger partial charge is 0.497 e. The summed E-state index contributed by atoms with van der Waals surface area (Å²) in [5.41, 5.74) is 1.89. The second-order valence-electron chi connectivity index (χ2n) is 4.50. The van der Waals surface area contributed by atoms with Gasteiger partial charge in [0.25, 0.3) is 0 Å². The van der Waals surface area contributed by atoms with Gasteiger partial charge >= 0.3 is 0 Å². The monoisotopic (exact) mass is 277 g/mol. The number of hydrogen-bond donors (Lipinski definition) is 0. The zero-order valence-electron chi connectivity index (χ0n) is 11.7. The number of benzene rings is 2. The second-order valence-corrected chi connectivity index (χ2v) is 4.50. The fraction of sp³-hybridized carbons (Fsp3) is 0.0556. The highest BCUT2D eigenvalue weighted by atomic mass is 16.5. The molecule has 0 saturated heterocycles. The summed E-state index contributed by atoms with van der Waals surface area (Å²) in [7, 11) is 1.65. The van der Waals surface area contributed by atoms with Crippen LogP contribution in [0.5, 0.6) is 17.4 Å².